The van der Waals surface area contributed by atoms with E-state index in [9.17, 15) is 9.59 Å². The molecule has 0 saturated heterocycles. The van der Waals surface area contributed by atoms with Gasteiger partial charge in [0.2, 0.25) is 11.8 Å². The van der Waals surface area contributed by atoms with E-state index in [4.69, 9.17) is 32.4 Å². The van der Waals surface area contributed by atoms with Crippen molar-refractivity contribution < 1.29 is 19.1 Å². The van der Waals surface area contributed by atoms with Crippen LogP contribution in [0.4, 0.5) is 0 Å². The molecule has 32 heavy (non-hydrogen) atoms. The minimum atomic E-state index is -0.637. The fourth-order valence-corrected chi connectivity index (χ4v) is 3.50. The molecule has 8 heteroatoms. The van der Waals surface area contributed by atoms with Gasteiger partial charge in [-0.05, 0) is 25.0 Å². The highest BCUT2D eigenvalue weighted by Crippen LogP contribution is 2.37. The molecule has 1 aromatic rings. The van der Waals surface area contributed by atoms with Crippen molar-refractivity contribution in [3.63, 3.8) is 0 Å². The van der Waals surface area contributed by atoms with Crippen molar-refractivity contribution >= 4 is 11.8 Å². The highest BCUT2D eigenvalue weighted by molar-refractivity contribution is 5.75. The molecule has 0 aliphatic heterocycles. The van der Waals surface area contributed by atoms with Crippen LogP contribution in [-0.4, -0.2) is 25.0 Å². The van der Waals surface area contributed by atoms with Crippen LogP contribution in [0.1, 0.15) is 101 Å². The first-order valence-corrected chi connectivity index (χ1v) is 11.8. The average molecular weight is 451 g/mol. The molecule has 2 unspecified atom stereocenters. The Labute approximate surface area is 192 Å². The maximum atomic E-state index is 11.5. The second kappa shape index (κ2) is 15.5. The van der Waals surface area contributed by atoms with Crippen molar-refractivity contribution in [2.75, 3.05) is 13.2 Å². The Morgan fingerprint density at radius 1 is 0.719 bits per heavy atom. The van der Waals surface area contributed by atoms with E-state index in [0.29, 0.717) is 35.8 Å². The van der Waals surface area contributed by atoms with Crippen molar-refractivity contribution in [1.82, 2.24) is 0 Å². The average Bonchev–Trinajstić information content (AvgIpc) is 2.72. The van der Waals surface area contributed by atoms with Crippen molar-refractivity contribution in [1.29, 1.82) is 0 Å². The number of benzene rings is 1. The summed E-state index contributed by atoms with van der Waals surface area (Å²) < 4.78 is 12.1. The Hall–Kier alpha value is -2.32. The first-order chi connectivity index (χ1) is 15.3. The fourth-order valence-electron chi connectivity index (χ4n) is 3.50. The Balaban J connectivity index is 3.21. The Bertz CT molecular complexity index is 652. The first kappa shape index (κ1) is 27.7. The monoisotopic (exact) mass is 450 g/mol. The number of hydrogen-bond acceptors (Lipinski definition) is 6. The van der Waals surface area contributed by atoms with Crippen LogP contribution in [0.25, 0.3) is 0 Å². The van der Waals surface area contributed by atoms with E-state index < -0.39 is 23.9 Å². The van der Waals surface area contributed by atoms with Crippen molar-refractivity contribution in [3.05, 3.63) is 23.3 Å². The van der Waals surface area contributed by atoms with E-state index in [1.165, 1.54) is 0 Å². The van der Waals surface area contributed by atoms with Gasteiger partial charge in [0, 0.05) is 36.1 Å². The number of primary amides is 2. The van der Waals surface area contributed by atoms with E-state index in [1.54, 1.807) is 12.1 Å². The lowest BCUT2D eigenvalue weighted by molar-refractivity contribution is -0.119. The summed E-state index contributed by atoms with van der Waals surface area (Å²) in [5, 5.41) is 0. The second-order valence-electron chi connectivity index (χ2n) is 8.30. The second-order valence-corrected chi connectivity index (χ2v) is 8.30. The van der Waals surface area contributed by atoms with Crippen LogP contribution in [0.15, 0.2) is 12.1 Å². The lowest BCUT2D eigenvalue weighted by Gasteiger charge is -2.23. The number of nitrogens with two attached hydrogens (primary N) is 4. The molecule has 1 rings (SSSR count). The molecule has 0 spiro atoms. The number of ether oxygens (including phenoxy) is 2. The lowest BCUT2D eigenvalue weighted by atomic mass is 9.96. The fraction of sp³-hybridized carbons (Fsp3) is 0.667. The van der Waals surface area contributed by atoms with E-state index in [1.807, 2.05) is 0 Å². The molecule has 0 aliphatic rings. The molecular formula is C24H42N4O4. The third-order valence-corrected chi connectivity index (χ3v) is 5.29. The van der Waals surface area contributed by atoms with Crippen LogP contribution in [0.3, 0.4) is 0 Å². The summed E-state index contributed by atoms with van der Waals surface area (Å²) in [5.41, 5.74) is 24.6. The number of rotatable bonds is 18. The lowest BCUT2D eigenvalue weighted by Crippen LogP contribution is -2.23. The van der Waals surface area contributed by atoms with Crippen molar-refractivity contribution in [2.24, 2.45) is 22.9 Å². The highest BCUT2D eigenvalue weighted by Gasteiger charge is 2.22. The maximum Gasteiger partial charge on any atom is 0.219 e. The van der Waals surface area contributed by atoms with Gasteiger partial charge in [-0.2, -0.15) is 0 Å². The molecule has 0 aliphatic carbocycles. The van der Waals surface area contributed by atoms with E-state index in [0.717, 1.165) is 51.4 Å². The molecule has 0 aromatic heterocycles. The summed E-state index contributed by atoms with van der Waals surface area (Å²) in [6, 6.07) is 2.26. The van der Waals surface area contributed by atoms with Gasteiger partial charge in [-0.25, -0.2) is 0 Å². The van der Waals surface area contributed by atoms with Gasteiger partial charge < -0.3 is 32.4 Å². The molecule has 1 aromatic carbocycles. The summed E-state index contributed by atoms with van der Waals surface area (Å²) in [4.78, 5) is 23.0. The molecule has 0 saturated carbocycles. The summed E-state index contributed by atoms with van der Waals surface area (Å²) in [7, 11) is 0. The third kappa shape index (κ3) is 10.3. The number of carbonyl (C=O) groups is 2. The quantitative estimate of drug-likeness (QED) is 0.251. The summed E-state index contributed by atoms with van der Waals surface area (Å²) in [6.45, 7) is 5.32. The van der Waals surface area contributed by atoms with Gasteiger partial charge in [0.25, 0.3) is 0 Å². The van der Waals surface area contributed by atoms with Gasteiger partial charge in [0.05, 0.1) is 13.2 Å². The van der Waals surface area contributed by atoms with E-state index in [2.05, 4.69) is 13.8 Å². The highest BCUT2D eigenvalue weighted by atomic mass is 16.5. The van der Waals surface area contributed by atoms with Crippen LogP contribution >= 0.6 is 0 Å². The Morgan fingerprint density at radius 2 is 1.09 bits per heavy atom. The predicted molar refractivity (Wildman–Crippen MR) is 127 cm³/mol. The topological polar surface area (TPSA) is 157 Å². The van der Waals surface area contributed by atoms with Gasteiger partial charge in [-0.3, -0.25) is 9.59 Å². The molecule has 182 valence electrons. The molecule has 0 bridgehead atoms. The van der Waals surface area contributed by atoms with Crippen molar-refractivity contribution in [2.45, 2.75) is 90.1 Å². The molecule has 0 heterocycles. The molecule has 2 amide bonds. The standard InChI is InChI=1S/C24H42N4O4/c1-3-5-7-9-11-31-21-13-18(20(26)16-24(28)30)22(32-12-10-8-6-4-2)14-17(21)19(25)15-23(27)29/h13-14,19-20H,3-12,15-16,25-26H2,1-2H3,(H2,27,29)(H2,28,30). The van der Waals surface area contributed by atoms with Crippen LogP contribution in [-0.2, 0) is 9.59 Å². The Kier molecular flexibility index (Phi) is 13.4. The molecule has 8 nitrogen and oxygen atoms in total. The Morgan fingerprint density at radius 3 is 1.41 bits per heavy atom. The smallest absolute Gasteiger partial charge is 0.219 e. The number of carbonyl (C=O) groups excluding carboxylic acids is 2. The minimum Gasteiger partial charge on any atom is -0.493 e. The number of unbranched alkanes of at least 4 members (excludes halogenated alkanes) is 6. The minimum absolute atomic E-state index is 0.0190. The third-order valence-electron chi connectivity index (χ3n) is 5.29. The number of hydrogen-bond donors (Lipinski definition) is 4. The SMILES string of the molecule is CCCCCCOc1cc(C(N)CC(N)=O)c(OCCCCCC)cc1C(N)CC(N)=O. The summed E-state index contributed by atoms with van der Waals surface area (Å²) in [6.07, 6.45) is 8.42. The van der Waals surface area contributed by atoms with Crippen LogP contribution in [0, 0.1) is 0 Å². The molecule has 0 radical (unpaired) electrons. The summed E-state index contributed by atoms with van der Waals surface area (Å²) >= 11 is 0. The predicted octanol–water partition coefficient (Wildman–Crippen LogP) is 3.36. The molecule has 8 N–H and O–H groups in total. The normalized spacial score (nSPS) is 12.9. The maximum absolute atomic E-state index is 11.5. The zero-order valence-corrected chi connectivity index (χ0v) is 19.7. The van der Waals surface area contributed by atoms with Gasteiger partial charge >= 0.3 is 0 Å². The van der Waals surface area contributed by atoms with Gasteiger partial charge in [0.1, 0.15) is 11.5 Å². The zero-order chi connectivity index (χ0) is 23.9. The van der Waals surface area contributed by atoms with Gasteiger partial charge in [-0.1, -0.05) is 52.4 Å². The largest absolute Gasteiger partial charge is 0.493 e. The molecule has 2 atom stereocenters. The zero-order valence-electron chi connectivity index (χ0n) is 19.7. The van der Waals surface area contributed by atoms with E-state index in [-0.39, 0.29) is 12.8 Å². The molecular weight excluding hydrogens is 408 g/mol. The van der Waals surface area contributed by atoms with Gasteiger partial charge in [-0.15, -0.1) is 0 Å². The summed E-state index contributed by atoms with van der Waals surface area (Å²) in [5.74, 6) is 0.0675. The number of amides is 2. The van der Waals surface area contributed by atoms with Crippen LogP contribution in [0.5, 0.6) is 11.5 Å². The molecule has 0 fully saturated rings. The van der Waals surface area contributed by atoms with Crippen LogP contribution in [0.2, 0.25) is 0 Å². The van der Waals surface area contributed by atoms with Gasteiger partial charge in [0.15, 0.2) is 0 Å². The van der Waals surface area contributed by atoms with Crippen molar-refractivity contribution in [3.8, 4) is 11.5 Å². The first-order valence-electron chi connectivity index (χ1n) is 11.8. The van der Waals surface area contributed by atoms with E-state index >= 15 is 0 Å². The van der Waals surface area contributed by atoms with Crippen LogP contribution < -0.4 is 32.4 Å².